The summed E-state index contributed by atoms with van der Waals surface area (Å²) in [7, 11) is 0. The summed E-state index contributed by atoms with van der Waals surface area (Å²) in [6.45, 7) is 3.87. The van der Waals surface area contributed by atoms with Gasteiger partial charge in [0.15, 0.2) is 4.96 Å². The summed E-state index contributed by atoms with van der Waals surface area (Å²) in [5.41, 5.74) is 4.90. The van der Waals surface area contributed by atoms with Gasteiger partial charge >= 0.3 is 0 Å². The van der Waals surface area contributed by atoms with E-state index in [1.807, 2.05) is 0 Å². The molecule has 0 fully saturated rings. The van der Waals surface area contributed by atoms with Gasteiger partial charge in [0.2, 0.25) is 0 Å². The molecule has 0 saturated carbocycles. The van der Waals surface area contributed by atoms with Gasteiger partial charge in [0.05, 0.1) is 0 Å². The van der Waals surface area contributed by atoms with Crippen LogP contribution in [0.4, 0.5) is 0 Å². The third kappa shape index (κ3) is 3.52. The first-order chi connectivity index (χ1) is 8.38. The number of amides is 1. The Morgan fingerprint density at radius 1 is 1.58 bits per heavy atom. The van der Waals surface area contributed by atoms with E-state index in [0.717, 1.165) is 0 Å². The maximum absolute atomic E-state index is 12.0. The van der Waals surface area contributed by atoms with Crippen molar-refractivity contribution in [3.05, 3.63) is 33.7 Å². The molecule has 2 heterocycles. The Hall–Kier alpha value is -1.44. The van der Waals surface area contributed by atoms with Crippen LogP contribution < -0.4 is 16.6 Å². The molecule has 104 valence electrons. The molecule has 0 unspecified atom stereocenters. The smallest absolute Gasteiger partial charge is 0.271 e. The molecule has 0 spiro atoms. The number of nitrogens with one attached hydrogen (secondary N) is 1. The number of fused-ring (bicyclic) bond motifs is 1. The zero-order valence-electron chi connectivity index (χ0n) is 10.5. The van der Waals surface area contributed by atoms with E-state index in [4.69, 9.17) is 5.73 Å². The van der Waals surface area contributed by atoms with Crippen LogP contribution >= 0.6 is 23.7 Å². The van der Waals surface area contributed by atoms with Crippen molar-refractivity contribution in [2.24, 2.45) is 5.73 Å². The lowest BCUT2D eigenvalue weighted by Gasteiger charge is -2.18. The molecule has 0 aliphatic rings. The molecule has 0 bridgehead atoms. The van der Waals surface area contributed by atoms with Crippen LogP contribution in [0, 0.1) is 0 Å². The number of nitrogens with two attached hydrogens (primary N) is 1. The first kappa shape index (κ1) is 15.6. The highest BCUT2D eigenvalue weighted by molar-refractivity contribution is 7.15. The summed E-state index contributed by atoms with van der Waals surface area (Å²) in [5.74, 6) is -0.452. The molecule has 0 radical (unpaired) electrons. The van der Waals surface area contributed by atoms with E-state index in [-0.39, 0.29) is 30.1 Å². The molecule has 2 rings (SSSR count). The van der Waals surface area contributed by atoms with Crippen LogP contribution in [0.15, 0.2) is 22.6 Å². The van der Waals surface area contributed by atoms with E-state index in [0.29, 0.717) is 4.96 Å². The molecule has 1 amide bonds. The summed E-state index contributed by atoms with van der Waals surface area (Å²) in [6.07, 6.45) is 2.89. The number of nitrogens with zero attached hydrogens (tertiary/aromatic N) is 2. The summed E-state index contributed by atoms with van der Waals surface area (Å²) in [6, 6.07) is 0. The molecule has 6 nitrogen and oxygen atoms in total. The van der Waals surface area contributed by atoms with E-state index in [2.05, 4.69) is 10.3 Å². The highest BCUT2D eigenvalue weighted by Crippen LogP contribution is 2.05. The van der Waals surface area contributed by atoms with Gasteiger partial charge in [-0.25, -0.2) is 4.98 Å². The highest BCUT2D eigenvalue weighted by atomic mass is 35.5. The summed E-state index contributed by atoms with van der Waals surface area (Å²) < 4.78 is 1.35. The molecule has 0 atom stereocenters. The van der Waals surface area contributed by atoms with Gasteiger partial charge in [0, 0.05) is 29.9 Å². The van der Waals surface area contributed by atoms with Crippen LogP contribution in [0.5, 0.6) is 0 Å². The molecule has 0 saturated heterocycles. The minimum absolute atomic E-state index is 0. The van der Waals surface area contributed by atoms with Crippen LogP contribution in [0.3, 0.4) is 0 Å². The molecule has 3 N–H and O–H groups in total. The lowest BCUT2D eigenvalue weighted by molar-refractivity contribution is 0.0944. The number of thiazole rings is 1. The fourth-order valence-electron chi connectivity index (χ4n) is 1.38. The van der Waals surface area contributed by atoms with Gasteiger partial charge in [-0.1, -0.05) is 0 Å². The van der Waals surface area contributed by atoms with Crippen molar-refractivity contribution in [2.75, 3.05) is 6.54 Å². The Balaban J connectivity index is 0.00000180. The van der Waals surface area contributed by atoms with Crippen molar-refractivity contribution in [2.45, 2.75) is 19.4 Å². The number of carbonyl (C=O) groups is 1. The standard InChI is InChI=1S/C11H14N4O2S.ClH/c1-11(2,12)6-14-8(16)7-5-13-10-15(9(7)17)3-4-18-10;/h3-5H,6,12H2,1-2H3,(H,14,16);1H. The Morgan fingerprint density at radius 2 is 2.26 bits per heavy atom. The monoisotopic (exact) mass is 302 g/mol. The molecule has 8 heteroatoms. The van der Waals surface area contributed by atoms with Crippen LogP contribution in [-0.2, 0) is 0 Å². The highest BCUT2D eigenvalue weighted by Gasteiger charge is 2.17. The van der Waals surface area contributed by atoms with E-state index in [1.165, 1.54) is 21.9 Å². The Labute approximate surface area is 120 Å². The average Bonchev–Trinajstić information content (AvgIpc) is 2.74. The minimum atomic E-state index is -0.522. The zero-order chi connectivity index (χ0) is 13.3. The number of carbonyl (C=O) groups excluding carboxylic acids is 1. The number of aromatic nitrogens is 2. The van der Waals surface area contributed by atoms with Gasteiger partial charge in [-0.3, -0.25) is 14.0 Å². The predicted octanol–water partition coefficient (Wildman–Crippen LogP) is 0.645. The van der Waals surface area contributed by atoms with E-state index < -0.39 is 11.4 Å². The van der Waals surface area contributed by atoms with Gasteiger partial charge in [0.25, 0.3) is 11.5 Å². The van der Waals surface area contributed by atoms with Gasteiger partial charge in [-0.2, -0.15) is 0 Å². The normalized spacial score (nSPS) is 11.1. The third-order valence-electron chi connectivity index (χ3n) is 2.29. The van der Waals surface area contributed by atoms with Crippen molar-refractivity contribution in [3.8, 4) is 0 Å². The van der Waals surface area contributed by atoms with Crippen molar-refractivity contribution >= 4 is 34.6 Å². The molecule has 0 aliphatic carbocycles. The van der Waals surface area contributed by atoms with E-state index >= 15 is 0 Å². The summed E-state index contributed by atoms with van der Waals surface area (Å²) in [4.78, 5) is 28.5. The quantitative estimate of drug-likeness (QED) is 0.871. The van der Waals surface area contributed by atoms with Crippen molar-refractivity contribution in [1.29, 1.82) is 0 Å². The fraction of sp³-hybridized carbons (Fsp3) is 0.364. The second-order valence-electron chi connectivity index (χ2n) is 4.70. The molecule has 0 aliphatic heterocycles. The van der Waals surface area contributed by atoms with Gasteiger partial charge < -0.3 is 11.1 Å². The molecule has 19 heavy (non-hydrogen) atoms. The molecule has 2 aromatic rings. The molecular formula is C11H15ClN4O2S. The molecule has 2 aromatic heterocycles. The first-order valence-corrected chi connectivity index (χ1v) is 6.28. The SMILES string of the molecule is CC(C)(N)CNC(=O)c1cnc2sccn2c1=O.Cl. The lowest BCUT2D eigenvalue weighted by atomic mass is 10.1. The average molecular weight is 303 g/mol. The van der Waals surface area contributed by atoms with Gasteiger partial charge in [0.1, 0.15) is 5.56 Å². The maximum Gasteiger partial charge on any atom is 0.271 e. The minimum Gasteiger partial charge on any atom is -0.350 e. The number of hydrogen-bond acceptors (Lipinski definition) is 5. The van der Waals surface area contributed by atoms with E-state index in [1.54, 1.807) is 25.4 Å². The molecular weight excluding hydrogens is 288 g/mol. The second-order valence-corrected chi connectivity index (χ2v) is 5.58. The number of rotatable bonds is 3. The Kier molecular flexibility index (Phi) is 4.67. The predicted molar refractivity (Wildman–Crippen MR) is 77.2 cm³/mol. The zero-order valence-corrected chi connectivity index (χ0v) is 12.2. The maximum atomic E-state index is 12.0. The fourth-order valence-corrected chi connectivity index (χ4v) is 2.06. The van der Waals surface area contributed by atoms with Crippen LogP contribution in [-0.4, -0.2) is 27.4 Å². The van der Waals surface area contributed by atoms with E-state index in [9.17, 15) is 9.59 Å². The summed E-state index contributed by atoms with van der Waals surface area (Å²) in [5, 5.41) is 4.37. The van der Waals surface area contributed by atoms with Gasteiger partial charge in [-0.05, 0) is 13.8 Å². The van der Waals surface area contributed by atoms with Crippen LogP contribution in [0.25, 0.3) is 4.96 Å². The first-order valence-electron chi connectivity index (χ1n) is 5.40. The van der Waals surface area contributed by atoms with Crippen LogP contribution in [0.1, 0.15) is 24.2 Å². The van der Waals surface area contributed by atoms with Crippen LogP contribution in [0.2, 0.25) is 0 Å². The largest absolute Gasteiger partial charge is 0.350 e. The Morgan fingerprint density at radius 3 is 2.89 bits per heavy atom. The Bertz CT molecular complexity index is 644. The molecule has 0 aromatic carbocycles. The number of hydrogen-bond donors (Lipinski definition) is 2. The van der Waals surface area contributed by atoms with Crippen molar-refractivity contribution in [1.82, 2.24) is 14.7 Å². The van der Waals surface area contributed by atoms with Crippen molar-refractivity contribution < 1.29 is 4.79 Å². The van der Waals surface area contributed by atoms with Crippen molar-refractivity contribution in [3.63, 3.8) is 0 Å². The lowest BCUT2D eigenvalue weighted by Crippen LogP contribution is -2.46. The number of halogens is 1. The second kappa shape index (κ2) is 5.68. The third-order valence-corrected chi connectivity index (χ3v) is 3.06. The van der Waals surface area contributed by atoms with Gasteiger partial charge in [-0.15, -0.1) is 23.7 Å². The summed E-state index contributed by atoms with van der Waals surface area (Å²) >= 11 is 1.34. The topological polar surface area (TPSA) is 89.5 Å².